The first-order valence-corrected chi connectivity index (χ1v) is 17.0. The van der Waals surface area contributed by atoms with Crippen LogP contribution in [0.3, 0.4) is 0 Å². The van der Waals surface area contributed by atoms with E-state index in [1.807, 2.05) is 24.0 Å². The number of nitrogens with zero attached hydrogens (tertiary/aromatic N) is 6. The number of aromatic nitrogens is 2. The van der Waals surface area contributed by atoms with Gasteiger partial charge in [-0.2, -0.15) is 9.97 Å². The van der Waals surface area contributed by atoms with Gasteiger partial charge in [-0.3, -0.25) is 9.69 Å². The van der Waals surface area contributed by atoms with Gasteiger partial charge in [0.25, 0.3) is 0 Å². The van der Waals surface area contributed by atoms with Crippen LogP contribution in [-0.4, -0.2) is 103 Å². The van der Waals surface area contributed by atoms with Crippen molar-refractivity contribution >= 4 is 29.2 Å². The van der Waals surface area contributed by atoms with Crippen molar-refractivity contribution < 1.29 is 19.4 Å². The van der Waals surface area contributed by atoms with Gasteiger partial charge < -0.3 is 29.3 Å². The number of carbonyl (C=O) groups is 1. The first-order valence-electron chi connectivity index (χ1n) is 16.2. The zero-order chi connectivity index (χ0) is 31.9. The molecule has 11 heteroatoms. The maximum atomic E-state index is 12.2. The van der Waals surface area contributed by atoms with E-state index in [0.29, 0.717) is 51.3 Å². The van der Waals surface area contributed by atoms with Gasteiger partial charge >= 0.3 is 6.01 Å². The highest BCUT2D eigenvalue weighted by molar-refractivity contribution is 8.03. The van der Waals surface area contributed by atoms with Gasteiger partial charge in [-0.1, -0.05) is 38.8 Å². The Labute approximate surface area is 272 Å². The second-order valence-corrected chi connectivity index (χ2v) is 13.4. The molecule has 45 heavy (non-hydrogen) atoms. The highest BCUT2D eigenvalue weighted by Crippen LogP contribution is 2.44. The molecule has 1 atom stereocenters. The van der Waals surface area contributed by atoms with E-state index in [1.165, 1.54) is 11.6 Å². The smallest absolute Gasteiger partial charge is 0.318 e. The van der Waals surface area contributed by atoms with E-state index in [1.54, 1.807) is 11.8 Å². The lowest BCUT2D eigenvalue weighted by molar-refractivity contribution is -0.126. The molecule has 5 rings (SSSR count). The zero-order valence-electron chi connectivity index (χ0n) is 27.1. The Bertz CT molecular complexity index is 1370. The molecule has 0 aliphatic carbocycles. The number of allylic oxidation sites excluding steroid dienone is 1. The zero-order valence-corrected chi connectivity index (χ0v) is 27.9. The molecule has 3 aliphatic heterocycles. The van der Waals surface area contributed by atoms with Gasteiger partial charge in [-0.15, -0.1) is 0 Å². The summed E-state index contributed by atoms with van der Waals surface area (Å²) in [6.45, 7) is 23.2. The summed E-state index contributed by atoms with van der Waals surface area (Å²) in [5.74, 6) is 1.44. The molecule has 1 amide bonds. The second kappa shape index (κ2) is 15.3. The van der Waals surface area contributed by atoms with E-state index in [9.17, 15) is 9.90 Å². The molecule has 4 heterocycles. The van der Waals surface area contributed by atoms with Crippen LogP contribution in [0.2, 0.25) is 0 Å². The lowest BCUT2D eigenvalue weighted by Gasteiger charge is -2.38. The van der Waals surface area contributed by atoms with Crippen LogP contribution in [0, 0.1) is 0 Å². The number of piperazine rings is 1. The summed E-state index contributed by atoms with van der Waals surface area (Å²) in [5, 5.41) is 10.8. The number of fused-ring (bicyclic) bond motifs is 1. The van der Waals surface area contributed by atoms with Crippen molar-refractivity contribution in [3.05, 3.63) is 53.1 Å². The Morgan fingerprint density at radius 1 is 1.13 bits per heavy atom. The summed E-state index contributed by atoms with van der Waals surface area (Å²) in [7, 11) is 0. The van der Waals surface area contributed by atoms with Crippen molar-refractivity contribution in [2.75, 3.05) is 82.0 Å². The number of phenols is 1. The third-order valence-electron chi connectivity index (χ3n) is 8.88. The molecule has 2 fully saturated rings. The van der Waals surface area contributed by atoms with Crippen LogP contribution in [-0.2, 0) is 22.5 Å². The normalized spacial score (nSPS) is 18.0. The van der Waals surface area contributed by atoms with E-state index in [0.717, 1.165) is 91.2 Å². The Kier molecular flexibility index (Phi) is 11.3. The molecule has 2 aromatic rings. The highest BCUT2D eigenvalue weighted by Gasteiger charge is 2.30. The van der Waals surface area contributed by atoms with E-state index < -0.39 is 0 Å². The Hall–Kier alpha value is -3.28. The predicted molar refractivity (Wildman–Crippen MR) is 181 cm³/mol. The number of benzene rings is 1. The van der Waals surface area contributed by atoms with Gasteiger partial charge in [0.15, 0.2) is 0 Å². The number of carbonyl (C=O) groups excluding carboxylic acids is 1. The van der Waals surface area contributed by atoms with E-state index in [2.05, 4.69) is 41.7 Å². The van der Waals surface area contributed by atoms with Gasteiger partial charge in [0.2, 0.25) is 5.91 Å². The summed E-state index contributed by atoms with van der Waals surface area (Å²) in [6.07, 6.45) is 4.03. The quantitative estimate of drug-likeness (QED) is 0.199. The average Bonchev–Trinajstić information content (AvgIpc) is 3.05. The molecule has 0 bridgehead atoms. The predicted octanol–water partition coefficient (Wildman–Crippen LogP) is 4.82. The molecule has 0 saturated carbocycles. The molecule has 2 saturated heterocycles. The molecule has 0 unspecified atom stereocenters. The number of rotatable bonds is 12. The van der Waals surface area contributed by atoms with Crippen LogP contribution < -0.4 is 14.5 Å². The number of hydrogen-bond acceptors (Lipinski definition) is 10. The number of morpholine rings is 1. The fourth-order valence-electron chi connectivity index (χ4n) is 6.30. The molecule has 3 aliphatic rings. The molecule has 10 nitrogen and oxygen atoms in total. The molecule has 0 spiro atoms. The van der Waals surface area contributed by atoms with Crippen LogP contribution in [0.4, 0.5) is 11.5 Å². The first-order chi connectivity index (χ1) is 21.8. The Balaban J connectivity index is 1.42. The van der Waals surface area contributed by atoms with Gasteiger partial charge in [-0.25, -0.2) is 0 Å². The minimum absolute atomic E-state index is 0.0355. The summed E-state index contributed by atoms with van der Waals surface area (Å²) in [4.78, 5) is 33.1. The van der Waals surface area contributed by atoms with Gasteiger partial charge in [0, 0.05) is 74.6 Å². The molecule has 1 N–H and O–H groups in total. The number of amides is 1. The lowest BCUT2D eigenvalue weighted by Crippen LogP contribution is -2.49. The molecule has 1 aromatic carbocycles. The topological polar surface area (TPSA) is 94.5 Å². The van der Waals surface area contributed by atoms with Crippen molar-refractivity contribution in [1.29, 1.82) is 0 Å². The number of phenolic OH excluding ortho intramolecular Hbond substituents is 1. The summed E-state index contributed by atoms with van der Waals surface area (Å²) in [5.41, 5.74) is 4.37. The Morgan fingerprint density at radius 2 is 1.89 bits per heavy atom. The van der Waals surface area contributed by atoms with Crippen molar-refractivity contribution in [3.63, 3.8) is 0 Å². The van der Waals surface area contributed by atoms with Crippen molar-refractivity contribution in [2.45, 2.75) is 57.4 Å². The van der Waals surface area contributed by atoms with E-state index >= 15 is 0 Å². The standard InChI is InChI=1S/C34H48N6O4S/c1-6-25(5)32-29(21-26(41)22-30(32)45-24(3)4)40-11-9-27-28(23-40)35-34(44-18-8-10-37-16-19-43-20-17-37)36-33(27)39-14-12-38(13-15-39)31(42)7-2/h7,21-22,25,41H,2-3,6,8-20,23H2,1,4-5H3/t25-/m1/s1. The number of hydrogen-bond donors (Lipinski definition) is 1. The minimum atomic E-state index is -0.0355. The summed E-state index contributed by atoms with van der Waals surface area (Å²) in [6, 6.07) is 4.16. The van der Waals surface area contributed by atoms with Crippen molar-refractivity contribution in [1.82, 2.24) is 19.8 Å². The van der Waals surface area contributed by atoms with Crippen LogP contribution in [0.1, 0.15) is 56.4 Å². The first kappa shape index (κ1) is 33.1. The fraction of sp³-hybridized carbons (Fsp3) is 0.559. The Morgan fingerprint density at radius 3 is 2.58 bits per heavy atom. The maximum Gasteiger partial charge on any atom is 0.318 e. The molecular formula is C34H48N6O4S. The van der Waals surface area contributed by atoms with E-state index in [-0.39, 0.29) is 11.7 Å². The number of anilines is 2. The van der Waals surface area contributed by atoms with Crippen LogP contribution in [0.25, 0.3) is 0 Å². The van der Waals surface area contributed by atoms with Crippen LogP contribution in [0.5, 0.6) is 11.8 Å². The van der Waals surface area contributed by atoms with Crippen LogP contribution >= 0.6 is 11.8 Å². The molecular weight excluding hydrogens is 588 g/mol. The van der Waals surface area contributed by atoms with Crippen molar-refractivity contribution in [2.24, 2.45) is 0 Å². The number of aromatic hydroxyl groups is 1. The molecule has 244 valence electrons. The summed E-state index contributed by atoms with van der Waals surface area (Å²) < 4.78 is 11.7. The van der Waals surface area contributed by atoms with Gasteiger partial charge in [0.05, 0.1) is 32.1 Å². The largest absolute Gasteiger partial charge is 0.508 e. The van der Waals surface area contributed by atoms with Crippen LogP contribution in [0.15, 0.2) is 41.2 Å². The fourth-order valence-corrected chi connectivity index (χ4v) is 7.27. The summed E-state index contributed by atoms with van der Waals surface area (Å²) >= 11 is 1.62. The van der Waals surface area contributed by atoms with Crippen molar-refractivity contribution in [3.8, 4) is 11.8 Å². The van der Waals surface area contributed by atoms with E-state index in [4.69, 9.17) is 19.4 Å². The molecule has 1 aromatic heterocycles. The SMILES string of the molecule is C=CC(=O)N1CCN(c2nc(OCCCN3CCOCC3)nc3c2CCN(c2cc(O)cc(SC(=C)C)c2[C@H](C)CC)C3)CC1. The average molecular weight is 637 g/mol. The molecule has 0 radical (unpaired) electrons. The number of ether oxygens (including phenoxy) is 2. The minimum Gasteiger partial charge on any atom is -0.508 e. The maximum absolute atomic E-state index is 12.2. The lowest BCUT2D eigenvalue weighted by atomic mass is 9.94. The number of thioether (sulfide) groups is 1. The third kappa shape index (κ3) is 8.12. The van der Waals surface area contributed by atoms with Gasteiger partial charge in [0.1, 0.15) is 11.6 Å². The second-order valence-electron chi connectivity index (χ2n) is 12.1. The van der Waals surface area contributed by atoms with Gasteiger partial charge in [-0.05, 0) is 54.7 Å². The third-order valence-corrected chi connectivity index (χ3v) is 9.78. The monoisotopic (exact) mass is 636 g/mol. The highest BCUT2D eigenvalue weighted by atomic mass is 32.2.